The Kier molecular flexibility index (Phi) is 4.18. The van der Waals surface area contributed by atoms with Crippen molar-refractivity contribution >= 4 is 17.4 Å². The highest BCUT2D eigenvalue weighted by atomic mass is 35.5. The van der Waals surface area contributed by atoms with Gasteiger partial charge in [-0.2, -0.15) is 0 Å². The monoisotopic (exact) mass is 255 g/mol. The molecule has 1 aliphatic rings. The van der Waals surface area contributed by atoms with E-state index in [1.807, 2.05) is 0 Å². The Bertz CT molecular complexity index is 378. The molecule has 0 saturated carbocycles. The molecule has 2 rings (SSSR count). The minimum absolute atomic E-state index is 0.311. The van der Waals surface area contributed by atoms with Crippen LogP contribution in [0.4, 0.5) is 5.82 Å². The van der Waals surface area contributed by atoms with E-state index in [-0.39, 0.29) is 0 Å². The summed E-state index contributed by atoms with van der Waals surface area (Å²) in [5.41, 5.74) is 1.00. The maximum atomic E-state index is 6.13. The summed E-state index contributed by atoms with van der Waals surface area (Å²) in [6, 6.07) is 0.423. The first-order chi connectivity index (χ1) is 8.18. The van der Waals surface area contributed by atoms with Crippen LogP contribution in [0, 0.1) is 0 Å². The number of nitrogens with one attached hydrogen (secondary N) is 1. The van der Waals surface area contributed by atoms with Crippen LogP contribution in [-0.2, 0) is 4.74 Å². The SMILES string of the molecule is CC(C)c1c(Cl)ncnc1NC1CCOCC1. The zero-order chi connectivity index (χ0) is 12.3. The summed E-state index contributed by atoms with van der Waals surface area (Å²) in [4.78, 5) is 8.35. The molecule has 1 saturated heterocycles. The summed E-state index contributed by atoms with van der Waals surface area (Å²) in [5.74, 6) is 1.18. The van der Waals surface area contributed by atoms with Crippen molar-refractivity contribution in [2.24, 2.45) is 0 Å². The summed E-state index contributed by atoms with van der Waals surface area (Å²) >= 11 is 6.13. The molecule has 0 bridgehead atoms. The number of aromatic nitrogens is 2. The molecule has 0 amide bonds. The van der Waals surface area contributed by atoms with Gasteiger partial charge in [0.1, 0.15) is 17.3 Å². The van der Waals surface area contributed by atoms with Crippen molar-refractivity contribution in [1.82, 2.24) is 9.97 Å². The minimum Gasteiger partial charge on any atom is -0.381 e. The number of hydrogen-bond donors (Lipinski definition) is 1. The highest BCUT2D eigenvalue weighted by Crippen LogP contribution is 2.29. The third kappa shape index (κ3) is 3.07. The molecule has 1 aromatic rings. The lowest BCUT2D eigenvalue weighted by molar-refractivity contribution is 0.0903. The van der Waals surface area contributed by atoms with Crippen molar-refractivity contribution in [3.8, 4) is 0 Å². The Hall–Kier alpha value is -0.870. The van der Waals surface area contributed by atoms with Gasteiger partial charge in [0.25, 0.3) is 0 Å². The van der Waals surface area contributed by atoms with E-state index in [1.165, 1.54) is 6.33 Å². The van der Waals surface area contributed by atoms with Crippen molar-refractivity contribution in [1.29, 1.82) is 0 Å². The van der Waals surface area contributed by atoms with E-state index in [0.717, 1.165) is 37.4 Å². The number of nitrogens with zero attached hydrogens (tertiary/aromatic N) is 2. The number of hydrogen-bond acceptors (Lipinski definition) is 4. The molecule has 1 N–H and O–H groups in total. The average Bonchev–Trinajstić information content (AvgIpc) is 2.30. The van der Waals surface area contributed by atoms with Crippen molar-refractivity contribution < 1.29 is 4.74 Å². The van der Waals surface area contributed by atoms with Crippen molar-refractivity contribution in [2.75, 3.05) is 18.5 Å². The lowest BCUT2D eigenvalue weighted by Crippen LogP contribution is -2.28. The second-order valence-electron chi connectivity index (χ2n) is 4.61. The first-order valence-electron chi connectivity index (χ1n) is 6.03. The van der Waals surface area contributed by atoms with Gasteiger partial charge < -0.3 is 10.1 Å². The standard InChI is InChI=1S/C12H18ClN3O/c1-8(2)10-11(13)14-7-15-12(10)16-9-3-5-17-6-4-9/h7-9H,3-6H2,1-2H3,(H,14,15,16). The first kappa shape index (κ1) is 12.6. The van der Waals surface area contributed by atoms with Crippen LogP contribution < -0.4 is 5.32 Å². The Balaban J connectivity index is 2.16. The molecule has 0 aromatic carbocycles. The molecular weight excluding hydrogens is 238 g/mol. The van der Waals surface area contributed by atoms with Gasteiger partial charge in [0, 0.05) is 24.8 Å². The highest BCUT2D eigenvalue weighted by molar-refractivity contribution is 6.30. The fourth-order valence-electron chi connectivity index (χ4n) is 2.04. The van der Waals surface area contributed by atoms with E-state index in [1.54, 1.807) is 0 Å². The van der Waals surface area contributed by atoms with Crippen LogP contribution in [0.5, 0.6) is 0 Å². The topological polar surface area (TPSA) is 47.0 Å². The second kappa shape index (κ2) is 5.65. The van der Waals surface area contributed by atoms with Gasteiger partial charge in [0.2, 0.25) is 0 Å². The van der Waals surface area contributed by atoms with Gasteiger partial charge in [0.15, 0.2) is 0 Å². The van der Waals surface area contributed by atoms with E-state index >= 15 is 0 Å². The van der Waals surface area contributed by atoms with Gasteiger partial charge >= 0.3 is 0 Å². The Morgan fingerprint density at radius 2 is 2.06 bits per heavy atom. The van der Waals surface area contributed by atoms with Crippen LogP contribution in [0.25, 0.3) is 0 Å². The largest absolute Gasteiger partial charge is 0.381 e. The van der Waals surface area contributed by atoms with Crippen LogP contribution in [0.1, 0.15) is 38.2 Å². The van der Waals surface area contributed by atoms with Crippen molar-refractivity contribution in [2.45, 2.75) is 38.6 Å². The maximum absolute atomic E-state index is 6.13. The quantitative estimate of drug-likeness (QED) is 0.844. The number of anilines is 1. The van der Waals surface area contributed by atoms with Gasteiger partial charge in [-0.1, -0.05) is 25.4 Å². The van der Waals surface area contributed by atoms with Crippen molar-refractivity contribution in [3.05, 3.63) is 17.0 Å². The Morgan fingerprint density at radius 1 is 1.35 bits per heavy atom. The second-order valence-corrected chi connectivity index (χ2v) is 4.97. The molecule has 94 valence electrons. The van der Waals surface area contributed by atoms with Crippen molar-refractivity contribution in [3.63, 3.8) is 0 Å². The normalized spacial score (nSPS) is 17.4. The first-order valence-corrected chi connectivity index (χ1v) is 6.41. The fourth-order valence-corrected chi connectivity index (χ4v) is 2.39. The third-order valence-corrected chi connectivity index (χ3v) is 3.28. The number of rotatable bonds is 3. The molecule has 0 atom stereocenters. The van der Waals surface area contributed by atoms with Crippen LogP contribution in [0.15, 0.2) is 6.33 Å². The lowest BCUT2D eigenvalue weighted by atomic mass is 10.0. The van der Waals surface area contributed by atoms with Crippen LogP contribution in [0.3, 0.4) is 0 Å². The summed E-state index contributed by atoms with van der Waals surface area (Å²) in [7, 11) is 0. The van der Waals surface area contributed by atoms with Gasteiger partial charge in [-0.25, -0.2) is 9.97 Å². The summed E-state index contributed by atoms with van der Waals surface area (Å²) in [6.07, 6.45) is 3.54. The molecular formula is C12H18ClN3O. The summed E-state index contributed by atoms with van der Waals surface area (Å²) < 4.78 is 5.34. The zero-order valence-electron chi connectivity index (χ0n) is 10.2. The van der Waals surface area contributed by atoms with Gasteiger partial charge in [-0.15, -0.1) is 0 Å². The smallest absolute Gasteiger partial charge is 0.138 e. The molecule has 1 fully saturated rings. The summed E-state index contributed by atoms with van der Waals surface area (Å²) in [6.45, 7) is 5.82. The van der Waals surface area contributed by atoms with Crippen LogP contribution in [0.2, 0.25) is 5.15 Å². The van der Waals surface area contributed by atoms with E-state index in [0.29, 0.717) is 17.1 Å². The Labute approximate surface area is 107 Å². The molecule has 0 aliphatic carbocycles. The number of ether oxygens (including phenoxy) is 1. The molecule has 1 aliphatic heterocycles. The minimum atomic E-state index is 0.311. The molecule has 17 heavy (non-hydrogen) atoms. The highest BCUT2D eigenvalue weighted by Gasteiger charge is 2.18. The zero-order valence-corrected chi connectivity index (χ0v) is 11.0. The molecule has 2 heterocycles. The van der Waals surface area contributed by atoms with Crippen LogP contribution in [-0.4, -0.2) is 29.2 Å². The lowest BCUT2D eigenvalue weighted by Gasteiger charge is -2.25. The third-order valence-electron chi connectivity index (χ3n) is 2.97. The molecule has 1 aromatic heterocycles. The molecule has 4 nitrogen and oxygen atoms in total. The van der Waals surface area contributed by atoms with E-state index < -0.39 is 0 Å². The molecule has 5 heteroatoms. The van der Waals surface area contributed by atoms with E-state index in [4.69, 9.17) is 16.3 Å². The molecule has 0 spiro atoms. The van der Waals surface area contributed by atoms with Crippen LogP contribution >= 0.6 is 11.6 Å². The maximum Gasteiger partial charge on any atom is 0.138 e. The fraction of sp³-hybridized carbons (Fsp3) is 0.667. The van der Waals surface area contributed by atoms with Gasteiger partial charge in [0.05, 0.1) is 0 Å². The predicted molar refractivity (Wildman–Crippen MR) is 68.6 cm³/mol. The number of halogens is 1. The average molecular weight is 256 g/mol. The summed E-state index contributed by atoms with van der Waals surface area (Å²) in [5, 5.41) is 4.00. The van der Waals surface area contributed by atoms with Gasteiger partial charge in [-0.3, -0.25) is 0 Å². The van der Waals surface area contributed by atoms with E-state index in [2.05, 4.69) is 29.1 Å². The molecule has 0 radical (unpaired) electrons. The molecule has 0 unspecified atom stereocenters. The predicted octanol–water partition coefficient (Wildman–Crippen LogP) is 2.84. The van der Waals surface area contributed by atoms with E-state index in [9.17, 15) is 0 Å². The Morgan fingerprint density at radius 3 is 2.71 bits per heavy atom. The van der Waals surface area contributed by atoms with Gasteiger partial charge in [-0.05, 0) is 18.8 Å².